The number of ether oxygens (including phenoxy) is 2. The molecule has 4 nitrogen and oxygen atoms in total. The molecule has 2 fully saturated rings. The minimum atomic E-state index is -1.11. The van der Waals surface area contributed by atoms with Crippen molar-refractivity contribution in [3.8, 4) is 0 Å². The summed E-state index contributed by atoms with van der Waals surface area (Å²) >= 11 is 0. The van der Waals surface area contributed by atoms with Crippen LogP contribution in [0.3, 0.4) is 0 Å². The molecule has 1 heterocycles. The lowest BCUT2D eigenvalue weighted by atomic mass is 9.86. The molecule has 27 heavy (non-hydrogen) atoms. The monoisotopic (exact) mass is 382 g/mol. The van der Waals surface area contributed by atoms with Gasteiger partial charge in [-0.1, -0.05) is 45.3 Å². The number of hydrogen-bond donors (Lipinski definition) is 1. The highest BCUT2D eigenvalue weighted by Gasteiger charge is 2.52. The van der Waals surface area contributed by atoms with Crippen LogP contribution in [0, 0.1) is 17.8 Å². The molecule has 0 bridgehead atoms. The lowest BCUT2D eigenvalue weighted by Gasteiger charge is -2.19. The first-order valence-electron chi connectivity index (χ1n) is 10.4. The number of alkyl halides is 1. The summed E-state index contributed by atoms with van der Waals surface area (Å²) in [5.74, 6) is 0.436. The number of carbonyl (C=O) groups is 1. The summed E-state index contributed by atoms with van der Waals surface area (Å²) in [5, 5.41) is 10.1. The summed E-state index contributed by atoms with van der Waals surface area (Å²) < 4.78 is 25.5. The van der Waals surface area contributed by atoms with E-state index in [9.17, 15) is 9.90 Å². The van der Waals surface area contributed by atoms with Gasteiger partial charge in [-0.05, 0) is 43.6 Å². The van der Waals surface area contributed by atoms with Gasteiger partial charge in [0.05, 0.1) is 13.2 Å². The second-order valence-corrected chi connectivity index (χ2v) is 7.95. The molecule has 0 radical (unpaired) electrons. The Morgan fingerprint density at radius 3 is 2.89 bits per heavy atom. The van der Waals surface area contributed by atoms with E-state index in [0.29, 0.717) is 30.9 Å². The van der Waals surface area contributed by atoms with Crippen molar-refractivity contribution in [1.29, 1.82) is 0 Å². The average molecular weight is 383 g/mol. The summed E-state index contributed by atoms with van der Waals surface area (Å²) in [6, 6.07) is 0. The Morgan fingerprint density at radius 1 is 1.41 bits per heavy atom. The predicted molar refractivity (Wildman–Crippen MR) is 104 cm³/mol. The molecule has 6 atom stereocenters. The molecule has 0 aromatic rings. The first kappa shape index (κ1) is 21.9. The van der Waals surface area contributed by atoms with Crippen molar-refractivity contribution in [2.24, 2.45) is 17.8 Å². The van der Waals surface area contributed by atoms with E-state index >= 15 is 4.39 Å². The smallest absolute Gasteiger partial charge is 0.305 e. The van der Waals surface area contributed by atoms with Crippen molar-refractivity contribution in [3.63, 3.8) is 0 Å². The summed E-state index contributed by atoms with van der Waals surface area (Å²) in [6.07, 6.45) is 10.5. The number of aliphatic hydroxyl groups excluding tert-OH is 1. The van der Waals surface area contributed by atoms with E-state index in [1.165, 1.54) is 7.11 Å². The quantitative estimate of drug-likeness (QED) is 0.337. The van der Waals surface area contributed by atoms with E-state index in [0.717, 1.165) is 32.1 Å². The molecule has 1 saturated heterocycles. The summed E-state index contributed by atoms with van der Waals surface area (Å²) in [6.45, 7) is 4.28. The van der Waals surface area contributed by atoms with Crippen molar-refractivity contribution in [2.75, 3.05) is 7.11 Å². The molecule has 1 saturated carbocycles. The van der Waals surface area contributed by atoms with Crippen LogP contribution in [0.15, 0.2) is 24.0 Å². The Balaban J connectivity index is 1.89. The average Bonchev–Trinajstić information content (AvgIpc) is 3.12. The minimum absolute atomic E-state index is 0.0891. The zero-order valence-electron chi connectivity index (χ0n) is 16.9. The number of hydrogen-bond acceptors (Lipinski definition) is 4. The second kappa shape index (κ2) is 10.8. The molecule has 0 aromatic heterocycles. The summed E-state index contributed by atoms with van der Waals surface area (Å²) in [7, 11) is 1.37. The van der Waals surface area contributed by atoms with Crippen molar-refractivity contribution >= 4 is 5.97 Å². The molecule has 154 valence electrons. The molecule has 2 rings (SSSR count). The maximum Gasteiger partial charge on any atom is 0.305 e. The van der Waals surface area contributed by atoms with Gasteiger partial charge in [-0.15, -0.1) is 0 Å². The van der Waals surface area contributed by atoms with Gasteiger partial charge in [0.15, 0.2) is 6.17 Å². The zero-order chi connectivity index (χ0) is 19.8. The molecule has 0 amide bonds. The summed E-state index contributed by atoms with van der Waals surface area (Å²) in [4.78, 5) is 11.1. The van der Waals surface area contributed by atoms with Gasteiger partial charge >= 0.3 is 5.97 Å². The van der Waals surface area contributed by atoms with E-state index in [4.69, 9.17) is 4.74 Å². The molecule has 1 N–H and O–H groups in total. The van der Waals surface area contributed by atoms with E-state index in [2.05, 4.69) is 18.6 Å². The van der Waals surface area contributed by atoms with E-state index in [1.54, 1.807) is 6.08 Å². The van der Waals surface area contributed by atoms with E-state index < -0.39 is 12.3 Å². The third kappa shape index (κ3) is 6.06. The van der Waals surface area contributed by atoms with Gasteiger partial charge in [0.2, 0.25) is 0 Å². The zero-order valence-corrected chi connectivity index (χ0v) is 16.9. The van der Waals surface area contributed by atoms with Gasteiger partial charge in [0.1, 0.15) is 11.9 Å². The molecular weight excluding hydrogens is 347 g/mol. The van der Waals surface area contributed by atoms with Gasteiger partial charge < -0.3 is 14.6 Å². The molecule has 5 heteroatoms. The second-order valence-electron chi connectivity index (χ2n) is 7.95. The van der Waals surface area contributed by atoms with Crippen LogP contribution in [0.4, 0.5) is 4.39 Å². The van der Waals surface area contributed by atoms with Gasteiger partial charge in [-0.2, -0.15) is 0 Å². The number of esters is 1. The first-order chi connectivity index (χ1) is 13.0. The fourth-order valence-electron chi connectivity index (χ4n) is 4.28. The highest BCUT2D eigenvalue weighted by molar-refractivity contribution is 5.69. The fourth-order valence-corrected chi connectivity index (χ4v) is 4.28. The molecule has 0 aromatic carbocycles. The van der Waals surface area contributed by atoms with Gasteiger partial charge in [-0.25, -0.2) is 4.39 Å². The molecular formula is C22H35FO4. The number of methoxy groups -OCH3 is 1. The van der Waals surface area contributed by atoms with Crippen molar-refractivity contribution < 1.29 is 23.8 Å². The lowest BCUT2D eigenvalue weighted by molar-refractivity contribution is -0.140. The number of unbranched alkanes of at least 4 members (excludes halogenated alkanes) is 3. The Bertz CT molecular complexity index is 530. The molecule has 1 unspecified atom stereocenters. The highest BCUT2D eigenvalue weighted by Crippen LogP contribution is 2.49. The number of rotatable bonds is 10. The van der Waals surface area contributed by atoms with Crippen LogP contribution in [0.25, 0.3) is 0 Å². The molecule has 2 aliphatic rings. The lowest BCUT2D eigenvalue weighted by Crippen LogP contribution is -2.22. The Labute approximate surface area is 162 Å². The van der Waals surface area contributed by atoms with Crippen LogP contribution in [0.5, 0.6) is 0 Å². The van der Waals surface area contributed by atoms with Gasteiger partial charge in [0, 0.05) is 12.3 Å². The van der Waals surface area contributed by atoms with Crippen molar-refractivity contribution in [1.82, 2.24) is 0 Å². The first-order valence-corrected chi connectivity index (χ1v) is 10.4. The normalized spacial score (nSPS) is 32.6. The number of aliphatic hydroxyl groups is 1. The summed E-state index contributed by atoms with van der Waals surface area (Å²) in [5.41, 5.74) is 0. The molecule has 0 spiro atoms. The number of allylic oxidation sites excluding steroid dienone is 3. The fraction of sp³-hybridized carbons (Fsp3) is 0.773. The topological polar surface area (TPSA) is 55.8 Å². The van der Waals surface area contributed by atoms with Gasteiger partial charge in [0.25, 0.3) is 0 Å². The van der Waals surface area contributed by atoms with Crippen LogP contribution in [-0.2, 0) is 14.3 Å². The Morgan fingerprint density at radius 2 is 2.19 bits per heavy atom. The van der Waals surface area contributed by atoms with Crippen LogP contribution in [0.2, 0.25) is 0 Å². The molecule has 1 aliphatic heterocycles. The van der Waals surface area contributed by atoms with Crippen molar-refractivity contribution in [2.45, 2.75) is 83.6 Å². The largest absolute Gasteiger partial charge is 0.492 e. The Hall–Kier alpha value is -1.36. The van der Waals surface area contributed by atoms with E-state index in [-0.39, 0.29) is 23.9 Å². The standard InChI is InChI=1S/C22H35FO4/c1-4-5-6-9-16(24)12-13-17-15(2)14-19-21(17)22(23)18(27-19)10-7-8-11-20(25)26-3/h10,12-13,15-17,19,21-22,24H,4-9,11,14H2,1-3H3/t15-,16+,17+,19+,21-,22?/m1/s1. The maximum atomic E-state index is 15.0. The third-order valence-electron chi connectivity index (χ3n) is 5.85. The number of halogens is 1. The predicted octanol–water partition coefficient (Wildman–Crippen LogP) is 4.72. The number of carbonyl (C=O) groups excluding carboxylic acids is 1. The molecule has 1 aliphatic carbocycles. The SMILES string of the molecule is CCCCC[C@H](O)C=C[C@@H]1[C@H]2C(F)C(=CCCCC(=O)OC)O[C@H]2C[C@H]1C. The van der Waals surface area contributed by atoms with E-state index in [1.807, 2.05) is 12.2 Å². The van der Waals surface area contributed by atoms with Crippen molar-refractivity contribution in [3.05, 3.63) is 24.0 Å². The maximum absolute atomic E-state index is 15.0. The number of fused-ring (bicyclic) bond motifs is 1. The van der Waals surface area contributed by atoms with Crippen LogP contribution in [-0.4, -0.2) is 36.6 Å². The highest BCUT2D eigenvalue weighted by atomic mass is 19.1. The van der Waals surface area contributed by atoms with Crippen LogP contribution in [0.1, 0.15) is 65.2 Å². The third-order valence-corrected chi connectivity index (χ3v) is 5.85. The van der Waals surface area contributed by atoms with Crippen LogP contribution < -0.4 is 0 Å². The van der Waals surface area contributed by atoms with Crippen LogP contribution >= 0.6 is 0 Å². The Kier molecular flexibility index (Phi) is 8.81. The minimum Gasteiger partial charge on any atom is -0.492 e. The van der Waals surface area contributed by atoms with Gasteiger partial charge in [-0.3, -0.25) is 4.79 Å².